The van der Waals surface area contributed by atoms with Crippen molar-refractivity contribution in [1.29, 1.82) is 0 Å². The van der Waals surface area contributed by atoms with Crippen LogP contribution in [-0.2, 0) is 6.54 Å². The van der Waals surface area contributed by atoms with Crippen LogP contribution in [0.4, 0.5) is 0 Å². The van der Waals surface area contributed by atoms with Gasteiger partial charge in [0.2, 0.25) is 0 Å². The lowest BCUT2D eigenvalue weighted by Crippen LogP contribution is -2.23. The van der Waals surface area contributed by atoms with Gasteiger partial charge in [0, 0.05) is 30.1 Å². The van der Waals surface area contributed by atoms with Gasteiger partial charge in [-0.1, -0.05) is 23.4 Å². The molecule has 0 fully saturated rings. The Labute approximate surface area is 115 Å². The number of nitrogens with one attached hydrogen (secondary N) is 1. The molecule has 6 nitrogen and oxygen atoms in total. The van der Waals surface area contributed by atoms with Crippen LogP contribution in [0, 0.1) is 0 Å². The summed E-state index contributed by atoms with van der Waals surface area (Å²) in [4.78, 5) is 16.0. The van der Waals surface area contributed by atoms with Gasteiger partial charge in [-0.2, -0.15) is 0 Å². The first kappa shape index (κ1) is 13.5. The van der Waals surface area contributed by atoms with E-state index < -0.39 is 0 Å². The summed E-state index contributed by atoms with van der Waals surface area (Å²) in [6.45, 7) is 0.389. The molecule has 0 saturated carbocycles. The second-order valence-corrected chi connectivity index (χ2v) is 4.11. The van der Waals surface area contributed by atoms with Gasteiger partial charge in [0.05, 0.1) is 0 Å². The number of nitrogens with two attached hydrogens (primary N) is 1. The van der Waals surface area contributed by atoms with Gasteiger partial charge in [-0.05, 0) is 23.8 Å². The van der Waals surface area contributed by atoms with Crippen LogP contribution >= 0.6 is 0 Å². The van der Waals surface area contributed by atoms with Crippen LogP contribution in [0.5, 0.6) is 0 Å². The molecule has 1 aromatic carbocycles. The third kappa shape index (κ3) is 3.32. The highest BCUT2D eigenvalue weighted by Gasteiger charge is 2.07. The third-order valence-electron chi connectivity index (χ3n) is 2.70. The number of hydrogen-bond acceptors (Lipinski definition) is 4. The van der Waals surface area contributed by atoms with Gasteiger partial charge in [0.25, 0.3) is 5.91 Å². The fraction of sp³-hybridized carbons (Fsp3) is 0.0714. The van der Waals surface area contributed by atoms with Gasteiger partial charge in [0.1, 0.15) is 0 Å². The maximum atomic E-state index is 12.0. The monoisotopic (exact) mass is 270 g/mol. The standard InChI is InChI=1S/C14H14N4O2/c15-13(18-20)11-4-1-5-12(7-11)14(19)17-9-10-3-2-6-16-8-10/h1-8,20H,9H2,(H2,15,18)(H,17,19). The Balaban J connectivity index is 2.06. The molecule has 6 heteroatoms. The minimum atomic E-state index is -0.235. The highest BCUT2D eigenvalue weighted by molar-refractivity contribution is 6.01. The van der Waals surface area contributed by atoms with E-state index in [9.17, 15) is 4.79 Å². The number of rotatable bonds is 4. The molecule has 1 heterocycles. The number of pyridine rings is 1. The van der Waals surface area contributed by atoms with Crippen LogP contribution in [0.25, 0.3) is 0 Å². The molecule has 0 atom stereocenters. The Morgan fingerprint density at radius 2 is 2.10 bits per heavy atom. The van der Waals surface area contributed by atoms with E-state index in [1.165, 1.54) is 0 Å². The van der Waals surface area contributed by atoms with E-state index in [4.69, 9.17) is 10.9 Å². The molecule has 0 aliphatic rings. The molecule has 2 rings (SSSR count). The highest BCUT2D eigenvalue weighted by Crippen LogP contribution is 2.06. The van der Waals surface area contributed by atoms with Crippen LogP contribution in [0.15, 0.2) is 53.9 Å². The molecule has 0 bridgehead atoms. The molecular weight excluding hydrogens is 256 g/mol. The first-order valence-corrected chi connectivity index (χ1v) is 5.96. The molecule has 0 aliphatic carbocycles. The lowest BCUT2D eigenvalue weighted by Gasteiger charge is -2.06. The number of benzene rings is 1. The van der Waals surface area contributed by atoms with Gasteiger partial charge in [-0.15, -0.1) is 0 Å². The largest absolute Gasteiger partial charge is 0.409 e. The predicted molar refractivity (Wildman–Crippen MR) is 74.4 cm³/mol. The average Bonchev–Trinajstić information content (AvgIpc) is 2.53. The lowest BCUT2D eigenvalue weighted by atomic mass is 10.1. The van der Waals surface area contributed by atoms with Crippen molar-refractivity contribution in [3.8, 4) is 0 Å². The van der Waals surface area contributed by atoms with E-state index in [-0.39, 0.29) is 11.7 Å². The van der Waals surface area contributed by atoms with Crippen molar-refractivity contribution in [2.75, 3.05) is 0 Å². The predicted octanol–water partition coefficient (Wildman–Crippen LogP) is 1.11. The van der Waals surface area contributed by atoms with Crippen LogP contribution in [0.2, 0.25) is 0 Å². The maximum Gasteiger partial charge on any atom is 0.251 e. The third-order valence-corrected chi connectivity index (χ3v) is 2.70. The van der Waals surface area contributed by atoms with Crippen molar-refractivity contribution in [1.82, 2.24) is 10.3 Å². The average molecular weight is 270 g/mol. The molecule has 4 N–H and O–H groups in total. The minimum Gasteiger partial charge on any atom is -0.409 e. The van der Waals surface area contributed by atoms with Gasteiger partial charge in [-0.3, -0.25) is 9.78 Å². The fourth-order valence-corrected chi connectivity index (χ4v) is 1.66. The van der Waals surface area contributed by atoms with Gasteiger partial charge < -0.3 is 16.3 Å². The van der Waals surface area contributed by atoms with Crippen LogP contribution in [-0.4, -0.2) is 21.9 Å². The zero-order chi connectivity index (χ0) is 14.4. The van der Waals surface area contributed by atoms with Crippen molar-refractivity contribution in [2.24, 2.45) is 10.9 Å². The zero-order valence-electron chi connectivity index (χ0n) is 10.7. The number of amides is 1. The number of aromatic nitrogens is 1. The molecule has 102 valence electrons. The molecule has 2 aromatic rings. The Hall–Kier alpha value is -2.89. The van der Waals surface area contributed by atoms with Crippen molar-refractivity contribution in [2.45, 2.75) is 6.54 Å². The summed E-state index contributed by atoms with van der Waals surface area (Å²) in [5.41, 5.74) is 7.33. The summed E-state index contributed by atoms with van der Waals surface area (Å²) in [6, 6.07) is 10.2. The summed E-state index contributed by atoms with van der Waals surface area (Å²) in [7, 11) is 0. The van der Waals surface area contributed by atoms with Gasteiger partial charge in [-0.25, -0.2) is 0 Å². The zero-order valence-corrected chi connectivity index (χ0v) is 10.7. The smallest absolute Gasteiger partial charge is 0.251 e. The van der Waals surface area contributed by atoms with E-state index >= 15 is 0 Å². The molecule has 0 spiro atoms. The van der Waals surface area contributed by atoms with E-state index in [1.54, 1.807) is 42.7 Å². The second-order valence-electron chi connectivity index (χ2n) is 4.11. The normalized spacial score (nSPS) is 11.1. The topological polar surface area (TPSA) is 101 Å². The Kier molecular flexibility index (Phi) is 4.28. The summed E-state index contributed by atoms with van der Waals surface area (Å²) in [5, 5.41) is 14.3. The number of nitrogens with zero attached hydrogens (tertiary/aromatic N) is 2. The summed E-state index contributed by atoms with van der Waals surface area (Å²) >= 11 is 0. The summed E-state index contributed by atoms with van der Waals surface area (Å²) < 4.78 is 0. The van der Waals surface area contributed by atoms with Crippen LogP contribution in [0.3, 0.4) is 0 Å². The van der Waals surface area contributed by atoms with Crippen molar-refractivity contribution < 1.29 is 10.0 Å². The maximum absolute atomic E-state index is 12.0. The molecule has 0 radical (unpaired) electrons. The lowest BCUT2D eigenvalue weighted by molar-refractivity contribution is 0.0951. The SMILES string of the molecule is N/C(=N\O)c1cccc(C(=O)NCc2cccnc2)c1. The molecular formula is C14H14N4O2. The Bertz CT molecular complexity index is 626. The first-order valence-electron chi connectivity index (χ1n) is 5.96. The van der Waals surface area contributed by atoms with Crippen LogP contribution < -0.4 is 11.1 Å². The van der Waals surface area contributed by atoms with Crippen molar-refractivity contribution in [3.05, 3.63) is 65.5 Å². The molecule has 0 saturated heterocycles. The van der Waals surface area contributed by atoms with Crippen LogP contribution in [0.1, 0.15) is 21.5 Å². The number of carbonyl (C=O) groups excluding carboxylic acids is 1. The van der Waals surface area contributed by atoms with Crippen molar-refractivity contribution in [3.63, 3.8) is 0 Å². The second kappa shape index (κ2) is 6.33. The van der Waals surface area contributed by atoms with E-state index in [0.29, 0.717) is 17.7 Å². The molecule has 1 aromatic heterocycles. The first-order chi connectivity index (χ1) is 9.70. The molecule has 1 amide bonds. The van der Waals surface area contributed by atoms with Gasteiger partial charge in [0.15, 0.2) is 5.84 Å². The summed E-state index contributed by atoms with van der Waals surface area (Å²) in [6.07, 6.45) is 3.36. The van der Waals surface area contributed by atoms with E-state index in [0.717, 1.165) is 5.56 Å². The Morgan fingerprint density at radius 1 is 1.30 bits per heavy atom. The number of oxime groups is 1. The molecule has 0 aliphatic heterocycles. The number of hydrogen-bond donors (Lipinski definition) is 3. The van der Waals surface area contributed by atoms with Gasteiger partial charge >= 0.3 is 0 Å². The number of amidine groups is 1. The van der Waals surface area contributed by atoms with E-state index in [1.807, 2.05) is 6.07 Å². The quantitative estimate of drug-likeness (QED) is 0.335. The highest BCUT2D eigenvalue weighted by atomic mass is 16.4. The Morgan fingerprint density at radius 3 is 2.80 bits per heavy atom. The fourth-order valence-electron chi connectivity index (χ4n) is 1.66. The summed E-state index contributed by atoms with van der Waals surface area (Å²) in [5.74, 6) is -0.270. The molecule has 20 heavy (non-hydrogen) atoms. The molecule has 0 unspecified atom stereocenters. The van der Waals surface area contributed by atoms with Crippen molar-refractivity contribution >= 4 is 11.7 Å². The van der Waals surface area contributed by atoms with E-state index in [2.05, 4.69) is 15.5 Å². The number of carbonyl (C=O) groups is 1. The minimum absolute atomic E-state index is 0.0353.